The van der Waals surface area contributed by atoms with Gasteiger partial charge < -0.3 is 0 Å². The molecule has 0 amide bonds. The molecule has 0 aromatic rings. The second-order valence-electron chi connectivity index (χ2n) is 18.9. The van der Waals surface area contributed by atoms with Crippen molar-refractivity contribution in [2.45, 2.75) is 337 Å². The molecule has 0 bridgehead atoms. The summed E-state index contributed by atoms with van der Waals surface area (Å²) < 4.78 is 33.8. The number of unbranched alkanes of at least 4 members (excludes halogenated alkanes) is 12. The van der Waals surface area contributed by atoms with Gasteiger partial charge in [0.1, 0.15) is 0 Å². The van der Waals surface area contributed by atoms with Crippen molar-refractivity contribution in [2.75, 3.05) is 0 Å². The van der Waals surface area contributed by atoms with E-state index in [1.807, 2.05) is 0 Å². The molecule has 0 spiro atoms. The minimum absolute atomic E-state index is 0.276. The Hall–Kier alpha value is 0.639. The first kappa shape index (κ1) is 57.6. The molecule has 0 aliphatic carbocycles. The van der Waals surface area contributed by atoms with Crippen molar-refractivity contribution in [3.8, 4) is 0 Å². The quantitative estimate of drug-likeness (QED) is 0.0571. The van der Waals surface area contributed by atoms with Gasteiger partial charge in [-0.05, 0) is 0 Å². The Bertz CT molecular complexity index is 648. The zero-order chi connectivity index (χ0) is 42.8. The molecule has 0 saturated heterocycles. The van der Waals surface area contributed by atoms with Crippen LogP contribution in [0.1, 0.15) is 314 Å². The van der Waals surface area contributed by atoms with Gasteiger partial charge >= 0.3 is 369 Å². The standard InChI is InChI=1S/4C13H27O.Sn/c4*1-4-7-10-13(14,11-8-5-2)12-9-6-3;/h4*4-12H2,1-3H3;/q4*-1;+4. The predicted molar refractivity (Wildman–Crippen MR) is 255 cm³/mol. The second-order valence-corrected chi connectivity index (χ2v) is 24.1. The van der Waals surface area contributed by atoms with E-state index >= 15 is 0 Å². The summed E-state index contributed by atoms with van der Waals surface area (Å²) in [5.41, 5.74) is -1.10. The molecule has 0 rings (SSSR count). The first-order valence-corrected chi connectivity index (χ1v) is 31.0. The van der Waals surface area contributed by atoms with Crippen LogP contribution >= 0.6 is 0 Å². The van der Waals surface area contributed by atoms with E-state index in [0.29, 0.717) is 0 Å². The van der Waals surface area contributed by atoms with Crippen LogP contribution in [-0.4, -0.2) is 42.4 Å². The van der Waals surface area contributed by atoms with Crippen LogP contribution in [0.4, 0.5) is 0 Å². The van der Waals surface area contributed by atoms with Crippen LogP contribution < -0.4 is 0 Å². The molecule has 0 aromatic heterocycles. The summed E-state index contributed by atoms with van der Waals surface area (Å²) in [5, 5.41) is 0. The summed E-state index contributed by atoms with van der Waals surface area (Å²) in [4.78, 5) is 0. The number of hydrogen-bond acceptors (Lipinski definition) is 4. The summed E-state index contributed by atoms with van der Waals surface area (Å²) in [6.45, 7) is 28.4. The first-order chi connectivity index (χ1) is 27.6. The van der Waals surface area contributed by atoms with Crippen LogP contribution in [0.15, 0.2) is 0 Å². The molecule has 0 aliphatic rings. The van der Waals surface area contributed by atoms with E-state index in [4.69, 9.17) is 12.3 Å². The number of hydrogen-bond donors (Lipinski definition) is 0. The number of rotatable bonds is 44. The van der Waals surface area contributed by atoms with Gasteiger partial charge in [-0.3, -0.25) is 0 Å². The van der Waals surface area contributed by atoms with Gasteiger partial charge in [-0.25, -0.2) is 0 Å². The molecule has 0 aliphatic heterocycles. The molecule has 0 aromatic carbocycles. The van der Waals surface area contributed by atoms with Gasteiger partial charge in [0.05, 0.1) is 0 Å². The molecule has 5 heteroatoms. The maximum absolute atomic E-state index is 8.46. The second kappa shape index (κ2) is 35.1. The van der Waals surface area contributed by atoms with E-state index < -0.39 is 20.0 Å². The summed E-state index contributed by atoms with van der Waals surface area (Å²) >= 11 is -5.15. The third kappa shape index (κ3) is 23.6. The van der Waals surface area contributed by atoms with Gasteiger partial charge in [0.25, 0.3) is 0 Å². The molecule has 0 N–H and O–H groups in total. The average molecular weight is 916 g/mol. The van der Waals surface area contributed by atoms with Gasteiger partial charge in [-0.15, -0.1) is 0 Å². The van der Waals surface area contributed by atoms with Crippen molar-refractivity contribution < 1.29 is 12.3 Å². The topological polar surface area (TPSA) is 36.9 Å². The molecule has 0 heterocycles. The average Bonchev–Trinajstić information content (AvgIpc) is 3.22. The van der Waals surface area contributed by atoms with Crippen molar-refractivity contribution in [1.82, 2.24) is 0 Å². The molecular formula is C52H108O4Sn. The van der Waals surface area contributed by atoms with Crippen molar-refractivity contribution >= 4 is 20.0 Å². The van der Waals surface area contributed by atoms with E-state index in [1.165, 1.54) is 154 Å². The zero-order valence-corrected chi connectivity index (χ0v) is 44.4. The third-order valence-electron chi connectivity index (χ3n) is 13.2. The Morgan fingerprint density at radius 2 is 0.316 bits per heavy atom. The molecule has 0 fully saturated rings. The van der Waals surface area contributed by atoms with E-state index in [1.54, 1.807) is 0 Å². The van der Waals surface area contributed by atoms with Gasteiger partial charge in [-0.2, -0.15) is 0 Å². The fourth-order valence-corrected chi connectivity index (χ4v) is 19.5. The van der Waals surface area contributed by atoms with Crippen LogP contribution in [-0.2, 0) is 12.3 Å². The van der Waals surface area contributed by atoms with Crippen molar-refractivity contribution in [1.29, 1.82) is 0 Å². The first-order valence-electron chi connectivity index (χ1n) is 26.4. The fourth-order valence-electron chi connectivity index (χ4n) is 9.29. The molecule has 0 atom stereocenters. The monoisotopic (exact) mass is 917 g/mol. The normalized spacial score (nSPS) is 13.3. The van der Waals surface area contributed by atoms with E-state index in [9.17, 15) is 0 Å². The van der Waals surface area contributed by atoms with Crippen molar-refractivity contribution in [3.63, 3.8) is 0 Å². The third-order valence-corrected chi connectivity index (χ3v) is 21.0. The van der Waals surface area contributed by atoms with E-state index in [2.05, 4.69) is 83.1 Å². The van der Waals surface area contributed by atoms with Crippen LogP contribution in [0.5, 0.6) is 0 Å². The molecule has 0 unspecified atom stereocenters. The Morgan fingerprint density at radius 3 is 0.404 bits per heavy atom. The summed E-state index contributed by atoms with van der Waals surface area (Å²) in [7, 11) is 0. The Morgan fingerprint density at radius 1 is 0.211 bits per heavy atom. The molecule has 4 nitrogen and oxygen atoms in total. The van der Waals surface area contributed by atoms with Crippen molar-refractivity contribution in [3.05, 3.63) is 0 Å². The van der Waals surface area contributed by atoms with Crippen LogP contribution in [0.3, 0.4) is 0 Å². The van der Waals surface area contributed by atoms with Gasteiger partial charge in [0.2, 0.25) is 0 Å². The van der Waals surface area contributed by atoms with Gasteiger partial charge in [0, 0.05) is 0 Å². The zero-order valence-electron chi connectivity index (χ0n) is 41.6. The summed E-state index contributed by atoms with van der Waals surface area (Å²) in [6, 6.07) is 0. The van der Waals surface area contributed by atoms with Crippen LogP contribution in [0.2, 0.25) is 0 Å². The SMILES string of the molecule is CCCCC(CCCC)(CCCC)[O][Sn]([O]C(CCCC)(CCCC)CCCC)([O]C(CCCC)(CCCC)CCCC)[O]C(CCCC)(CCCC)CCCC. The minimum atomic E-state index is -5.15. The molecule has 0 radical (unpaired) electrons. The van der Waals surface area contributed by atoms with E-state index in [-0.39, 0.29) is 22.4 Å². The van der Waals surface area contributed by atoms with Crippen molar-refractivity contribution in [2.24, 2.45) is 0 Å². The Labute approximate surface area is 367 Å². The Balaban J connectivity index is 8.83. The maximum atomic E-state index is 8.46. The van der Waals surface area contributed by atoms with Crippen LogP contribution in [0, 0.1) is 0 Å². The summed E-state index contributed by atoms with van der Waals surface area (Å²) in [5.74, 6) is 0. The van der Waals surface area contributed by atoms with E-state index in [0.717, 1.165) is 77.0 Å². The van der Waals surface area contributed by atoms with Gasteiger partial charge in [-0.1, -0.05) is 0 Å². The molecule has 344 valence electrons. The fraction of sp³-hybridized carbons (Fsp3) is 1.00. The molecular weight excluding hydrogens is 807 g/mol. The van der Waals surface area contributed by atoms with Gasteiger partial charge in [0.15, 0.2) is 0 Å². The Kier molecular flexibility index (Phi) is 35.5. The molecule has 0 saturated carbocycles. The predicted octanol–water partition coefficient (Wildman–Crippen LogP) is 18.7. The summed E-state index contributed by atoms with van der Waals surface area (Å²) in [6.07, 6.45) is 41.4. The van der Waals surface area contributed by atoms with Crippen LogP contribution in [0.25, 0.3) is 0 Å². The molecule has 57 heavy (non-hydrogen) atoms.